The van der Waals surface area contributed by atoms with Crippen molar-refractivity contribution in [1.29, 1.82) is 0 Å². The number of para-hydroxylation sites is 1. The summed E-state index contributed by atoms with van der Waals surface area (Å²) >= 11 is 0. The fourth-order valence-electron chi connectivity index (χ4n) is 3.06. The van der Waals surface area contributed by atoms with Crippen LogP contribution in [0.1, 0.15) is 34.8 Å². The Hall–Kier alpha value is -3.81. The van der Waals surface area contributed by atoms with Gasteiger partial charge in [-0.3, -0.25) is 14.2 Å². The molecule has 8 heteroatoms. The van der Waals surface area contributed by atoms with Crippen molar-refractivity contribution in [1.82, 2.24) is 25.0 Å². The monoisotopic (exact) mass is 389 g/mol. The third kappa shape index (κ3) is 3.91. The van der Waals surface area contributed by atoms with Crippen LogP contribution in [0.5, 0.6) is 0 Å². The Morgan fingerprint density at radius 1 is 1.07 bits per heavy atom. The van der Waals surface area contributed by atoms with E-state index >= 15 is 0 Å². The van der Waals surface area contributed by atoms with E-state index in [2.05, 4.69) is 20.4 Å². The maximum absolute atomic E-state index is 12.9. The Labute approximate surface area is 166 Å². The minimum absolute atomic E-state index is 0.103. The Morgan fingerprint density at radius 2 is 1.83 bits per heavy atom. The standard InChI is InChI=1S/C21H19N5O3/c1-2-18-23-16-11-7-6-10-15(16)21(28)26(18)13-17-24-19(29-25-17)12-22-20(27)14-8-4-3-5-9-14/h3-11H,2,12-13H2,1H3,(H,22,27). The Kier molecular flexibility index (Phi) is 5.15. The van der Waals surface area contributed by atoms with Crippen LogP contribution in [0.4, 0.5) is 0 Å². The van der Waals surface area contributed by atoms with Gasteiger partial charge in [0.1, 0.15) is 5.82 Å². The maximum Gasteiger partial charge on any atom is 0.261 e. The SMILES string of the molecule is CCc1nc2ccccc2c(=O)n1Cc1noc(CNC(=O)c2ccccc2)n1. The summed E-state index contributed by atoms with van der Waals surface area (Å²) in [5, 5.41) is 7.21. The third-order valence-electron chi connectivity index (χ3n) is 4.50. The average molecular weight is 389 g/mol. The lowest BCUT2D eigenvalue weighted by atomic mass is 10.2. The second-order valence-electron chi connectivity index (χ2n) is 6.44. The number of aromatic nitrogens is 4. The first-order valence-corrected chi connectivity index (χ1v) is 9.29. The van der Waals surface area contributed by atoms with Gasteiger partial charge in [0.05, 0.1) is 24.0 Å². The largest absolute Gasteiger partial charge is 0.343 e. The molecule has 4 rings (SSSR count). The number of aryl methyl sites for hydroxylation is 1. The first kappa shape index (κ1) is 18.5. The fraction of sp³-hybridized carbons (Fsp3) is 0.190. The normalized spacial score (nSPS) is 10.9. The van der Waals surface area contributed by atoms with Crippen molar-refractivity contribution in [2.45, 2.75) is 26.4 Å². The zero-order valence-corrected chi connectivity index (χ0v) is 15.8. The number of fused-ring (bicyclic) bond motifs is 1. The molecule has 0 unspecified atom stereocenters. The van der Waals surface area contributed by atoms with E-state index in [1.165, 1.54) is 0 Å². The van der Waals surface area contributed by atoms with Gasteiger partial charge in [-0.25, -0.2) is 4.98 Å². The summed E-state index contributed by atoms with van der Waals surface area (Å²) in [7, 11) is 0. The lowest BCUT2D eigenvalue weighted by Crippen LogP contribution is -2.26. The summed E-state index contributed by atoms with van der Waals surface area (Å²) in [6, 6.07) is 16.1. The van der Waals surface area contributed by atoms with Gasteiger partial charge in [-0.15, -0.1) is 0 Å². The van der Waals surface area contributed by atoms with Crippen molar-refractivity contribution in [3.05, 3.63) is 88.1 Å². The van der Waals surface area contributed by atoms with Gasteiger partial charge in [0.25, 0.3) is 11.5 Å². The summed E-state index contributed by atoms with van der Waals surface area (Å²) in [5.41, 5.74) is 1.08. The predicted molar refractivity (Wildman–Crippen MR) is 106 cm³/mol. The Balaban J connectivity index is 1.51. The van der Waals surface area contributed by atoms with Gasteiger partial charge in [-0.05, 0) is 24.3 Å². The molecule has 0 saturated heterocycles. The minimum Gasteiger partial charge on any atom is -0.343 e. The summed E-state index contributed by atoms with van der Waals surface area (Å²) in [6.45, 7) is 2.19. The van der Waals surface area contributed by atoms with Crippen LogP contribution in [0.25, 0.3) is 10.9 Å². The molecule has 2 heterocycles. The molecule has 4 aromatic rings. The second kappa shape index (κ2) is 8.05. The number of amides is 1. The topological polar surface area (TPSA) is 103 Å². The molecule has 0 radical (unpaired) electrons. The highest BCUT2D eigenvalue weighted by molar-refractivity contribution is 5.93. The van der Waals surface area contributed by atoms with E-state index in [-0.39, 0.29) is 30.4 Å². The molecule has 0 aliphatic heterocycles. The molecule has 0 aliphatic rings. The molecule has 0 spiro atoms. The Bertz CT molecular complexity index is 1210. The van der Waals surface area contributed by atoms with Gasteiger partial charge in [-0.2, -0.15) is 4.98 Å². The van der Waals surface area contributed by atoms with Crippen LogP contribution in [0.2, 0.25) is 0 Å². The highest BCUT2D eigenvalue weighted by Crippen LogP contribution is 2.10. The number of benzene rings is 2. The highest BCUT2D eigenvalue weighted by Gasteiger charge is 2.14. The number of hydrogen-bond acceptors (Lipinski definition) is 6. The first-order valence-electron chi connectivity index (χ1n) is 9.29. The number of hydrogen-bond donors (Lipinski definition) is 1. The van der Waals surface area contributed by atoms with E-state index in [1.807, 2.05) is 31.2 Å². The summed E-state index contributed by atoms with van der Waals surface area (Å²) in [6.07, 6.45) is 0.595. The molecule has 1 N–H and O–H groups in total. The number of carbonyl (C=O) groups excluding carboxylic acids is 1. The maximum atomic E-state index is 12.9. The quantitative estimate of drug-likeness (QED) is 0.543. The zero-order valence-electron chi connectivity index (χ0n) is 15.8. The van der Waals surface area contributed by atoms with Gasteiger partial charge < -0.3 is 9.84 Å². The van der Waals surface area contributed by atoms with Crippen molar-refractivity contribution in [2.75, 3.05) is 0 Å². The molecule has 2 aromatic heterocycles. The van der Waals surface area contributed by atoms with Crippen LogP contribution >= 0.6 is 0 Å². The van der Waals surface area contributed by atoms with Crippen LogP contribution in [0.15, 0.2) is 63.9 Å². The number of carbonyl (C=O) groups is 1. The predicted octanol–water partition coefficient (Wildman–Crippen LogP) is 2.32. The average Bonchev–Trinajstić information content (AvgIpc) is 3.22. The third-order valence-corrected chi connectivity index (χ3v) is 4.50. The van der Waals surface area contributed by atoms with Crippen molar-refractivity contribution in [2.24, 2.45) is 0 Å². The minimum atomic E-state index is -0.228. The number of nitrogens with zero attached hydrogens (tertiary/aromatic N) is 4. The molecular formula is C21H19N5O3. The van der Waals surface area contributed by atoms with Gasteiger partial charge >= 0.3 is 0 Å². The van der Waals surface area contributed by atoms with Gasteiger partial charge in [0.15, 0.2) is 5.82 Å². The van der Waals surface area contributed by atoms with Crippen LogP contribution in [-0.4, -0.2) is 25.6 Å². The molecular weight excluding hydrogens is 370 g/mol. The molecule has 0 aliphatic carbocycles. The Morgan fingerprint density at radius 3 is 2.62 bits per heavy atom. The summed E-state index contributed by atoms with van der Waals surface area (Å²) in [4.78, 5) is 33.8. The van der Waals surface area contributed by atoms with Crippen molar-refractivity contribution < 1.29 is 9.32 Å². The smallest absolute Gasteiger partial charge is 0.261 e. The van der Waals surface area contributed by atoms with E-state index < -0.39 is 0 Å². The zero-order chi connectivity index (χ0) is 20.2. The molecule has 2 aromatic carbocycles. The molecule has 146 valence electrons. The lowest BCUT2D eigenvalue weighted by Gasteiger charge is -2.10. The van der Waals surface area contributed by atoms with Crippen LogP contribution in [-0.2, 0) is 19.5 Å². The summed E-state index contributed by atoms with van der Waals surface area (Å²) < 4.78 is 6.77. The van der Waals surface area contributed by atoms with Gasteiger partial charge in [-0.1, -0.05) is 42.4 Å². The van der Waals surface area contributed by atoms with E-state index in [1.54, 1.807) is 34.9 Å². The highest BCUT2D eigenvalue weighted by atomic mass is 16.5. The van der Waals surface area contributed by atoms with Crippen LogP contribution in [0.3, 0.4) is 0 Å². The van der Waals surface area contributed by atoms with Crippen LogP contribution < -0.4 is 10.9 Å². The van der Waals surface area contributed by atoms with E-state index in [0.717, 1.165) is 0 Å². The molecule has 8 nitrogen and oxygen atoms in total. The van der Waals surface area contributed by atoms with E-state index in [0.29, 0.717) is 34.5 Å². The fourth-order valence-corrected chi connectivity index (χ4v) is 3.06. The van der Waals surface area contributed by atoms with Crippen molar-refractivity contribution in [3.8, 4) is 0 Å². The summed E-state index contributed by atoms with van der Waals surface area (Å²) in [5.74, 6) is 1.04. The molecule has 0 bridgehead atoms. The number of rotatable bonds is 6. The van der Waals surface area contributed by atoms with E-state index in [4.69, 9.17) is 4.52 Å². The first-order chi connectivity index (χ1) is 14.2. The molecule has 1 amide bonds. The van der Waals surface area contributed by atoms with Gasteiger partial charge in [0.2, 0.25) is 5.89 Å². The van der Waals surface area contributed by atoms with Crippen LogP contribution in [0, 0.1) is 0 Å². The van der Waals surface area contributed by atoms with Crippen molar-refractivity contribution >= 4 is 16.8 Å². The number of nitrogens with one attached hydrogen (secondary N) is 1. The lowest BCUT2D eigenvalue weighted by molar-refractivity contribution is 0.0946. The van der Waals surface area contributed by atoms with Gasteiger partial charge in [0, 0.05) is 12.0 Å². The molecule has 0 saturated carbocycles. The molecule has 0 atom stereocenters. The molecule has 29 heavy (non-hydrogen) atoms. The second-order valence-corrected chi connectivity index (χ2v) is 6.44. The molecule has 0 fully saturated rings. The van der Waals surface area contributed by atoms with Crippen molar-refractivity contribution in [3.63, 3.8) is 0 Å². The van der Waals surface area contributed by atoms with E-state index in [9.17, 15) is 9.59 Å².